The number of ether oxygens (including phenoxy) is 1. The molecule has 2 rings (SSSR count). The molecule has 2 nitrogen and oxygen atoms in total. The van der Waals surface area contributed by atoms with E-state index in [1.165, 1.54) is 5.56 Å². The molecule has 2 heteroatoms. The predicted octanol–water partition coefficient (Wildman–Crippen LogP) is 2.95. The first-order valence-corrected chi connectivity index (χ1v) is 5.09. The van der Waals surface area contributed by atoms with Crippen molar-refractivity contribution < 1.29 is 4.74 Å². The van der Waals surface area contributed by atoms with Crippen molar-refractivity contribution in [2.45, 2.75) is 32.4 Å². The SMILES string of the molecule is CCC1=NC(c2ccccc2)C(C)O1. The minimum Gasteiger partial charge on any atom is -0.475 e. The lowest BCUT2D eigenvalue weighted by Crippen LogP contribution is -2.11. The summed E-state index contributed by atoms with van der Waals surface area (Å²) in [6.45, 7) is 4.14. The number of hydrogen-bond donors (Lipinski definition) is 0. The average Bonchev–Trinajstić information content (AvgIpc) is 2.61. The van der Waals surface area contributed by atoms with Crippen LogP contribution in [0.1, 0.15) is 31.9 Å². The molecule has 74 valence electrons. The Morgan fingerprint density at radius 2 is 2.00 bits per heavy atom. The van der Waals surface area contributed by atoms with Crippen molar-refractivity contribution in [3.63, 3.8) is 0 Å². The average molecular weight is 189 g/mol. The van der Waals surface area contributed by atoms with E-state index >= 15 is 0 Å². The standard InChI is InChI=1S/C12H15NO/c1-3-11-13-12(9(2)14-11)10-7-5-4-6-8-10/h4-9,12H,3H2,1-2H3. The van der Waals surface area contributed by atoms with E-state index in [0.717, 1.165) is 12.3 Å². The van der Waals surface area contributed by atoms with E-state index in [0.29, 0.717) is 0 Å². The van der Waals surface area contributed by atoms with Crippen LogP contribution in [0.3, 0.4) is 0 Å². The fourth-order valence-electron chi connectivity index (χ4n) is 1.74. The zero-order chi connectivity index (χ0) is 9.97. The second-order valence-electron chi connectivity index (χ2n) is 3.55. The predicted molar refractivity (Wildman–Crippen MR) is 57.5 cm³/mol. The molecule has 2 atom stereocenters. The molecule has 0 amide bonds. The Bertz CT molecular complexity index is 331. The van der Waals surface area contributed by atoms with Gasteiger partial charge in [-0.1, -0.05) is 37.3 Å². The van der Waals surface area contributed by atoms with E-state index in [-0.39, 0.29) is 12.1 Å². The third-order valence-electron chi connectivity index (χ3n) is 2.49. The third-order valence-corrected chi connectivity index (χ3v) is 2.49. The zero-order valence-corrected chi connectivity index (χ0v) is 8.60. The van der Waals surface area contributed by atoms with Gasteiger partial charge in [-0.25, -0.2) is 4.99 Å². The van der Waals surface area contributed by atoms with Gasteiger partial charge >= 0.3 is 0 Å². The minimum absolute atomic E-state index is 0.173. The second kappa shape index (κ2) is 3.82. The Kier molecular flexibility index (Phi) is 2.53. The summed E-state index contributed by atoms with van der Waals surface area (Å²) < 4.78 is 5.63. The van der Waals surface area contributed by atoms with E-state index < -0.39 is 0 Å². The first-order chi connectivity index (χ1) is 6.81. The lowest BCUT2D eigenvalue weighted by molar-refractivity contribution is 0.209. The van der Waals surface area contributed by atoms with Gasteiger partial charge in [0.05, 0.1) is 0 Å². The molecule has 0 saturated heterocycles. The summed E-state index contributed by atoms with van der Waals surface area (Å²) in [5, 5.41) is 0. The third kappa shape index (κ3) is 1.65. The summed E-state index contributed by atoms with van der Waals surface area (Å²) in [7, 11) is 0. The van der Waals surface area contributed by atoms with Crippen molar-refractivity contribution in [1.29, 1.82) is 0 Å². The topological polar surface area (TPSA) is 21.6 Å². The maximum atomic E-state index is 5.63. The molecule has 0 spiro atoms. The van der Waals surface area contributed by atoms with Crippen LogP contribution in [-0.4, -0.2) is 12.0 Å². The number of nitrogens with zero attached hydrogens (tertiary/aromatic N) is 1. The fourth-order valence-corrected chi connectivity index (χ4v) is 1.74. The summed E-state index contributed by atoms with van der Waals surface area (Å²) in [5.41, 5.74) is 1.24. The Hall–Kier alpha value is -1.31. The first kappa shape index (κ1) is 9.25. The molecule has 14 heavy (non-hydrogen) atoms. The van der Waals surface area contributed by atoms with Gasteiger partial charge < -0.3 is 4.74 Å². The quantitative estimate of drug-likeness (QED) is 0.701. The molecule has 0 radical (unpaired) electrons. The molecule has 1 aliphatic heterocycles. The molecule has 0 aliphatic carbocycles. The highest BCUT2D eigenvalue weighted by Crippen LogP contribution is 2.29. The second-order valence-corrected chi connectivity index (χ2v) is 3.55. The maximum Gasteiger partial charge on any atom is 0.184 e. The molecule has 2 unspecified atom stereocenters. The fraction of sp³-hybridized carbons (Fsp3) is 0.417. The van der Waals surface area contributed by atoms with Gasteiger partial charge in [0.1, 0.15) is 12.1 Å². The summed E-state index contributed by atoms with van der Waals surface area (Å²) in [6.07, 6.45) is 1.06. The van der Waals surface area contributed by atoms with Crippen molar-refractivity contribution in [2.75, 3.05) is 0 Å². The molecular weight excluding hydrogens is 174 g/mol. The van der Waals surface area contributed by atoms with E-state index in [4.69, 9.17) is 4.74 Å². The number of rotatable bonds is 2. The van der Waals surface area contributed by atoms with E-state index in [9.17, 15) is 0 Å². The van der Waals surface area contributed by atoms with Gasteiger partial charge in [0, 0.05) is 6.42 Å². The number of benzene rings is 1. The van der Waals surface area contributed by atoms with Crippen LogP contribution in [0.2, 0.25) is 0 Å². The largest absolute Gasteiger partial charge is 0.475 e. The van der Waals surface area contributed by atoms with Crippen molar-refractivity contribution in [3.05, 3.63) is 35.9 Å². The molecular formula is C12H15NO. The molecule has 1 aromatic rings. The summed E-state index contributed by atoms with van der Waals surface area (Å²) >= 11 is 0. The van der Waals surface area contributed by atoms with Crippen molar-refractivity contribution in [2.24, 2.45) is 4.99 Å². The molecule has 0 fully saturated rings. The van der Waals surface area contributed by atoms with Crippen LogP contribution < -0.4 is 0 Å². The summed E-state index contributed by atoms with van der Waals surface area (Å²) in [6, 6.07) is 10.5. The van der Waals surface area contributed by atoms with Gasteiger partial charge in [0.15, 0.2) is 5.90 Å². The molecule has 0 aromatic heterocycles. The van der Waals surface area contributed by atoms with Crippen LogP contribution in [0.4, 0.5) is 0 Å². The van der Waals surface area contributed by atoms with Crippen LogP contribution in [-0.2, 0) is 4.74 Å². The Labute approximate surface area is 84.6 Å². The van der Waals surface area contributed by atoms with Gasteiger partial charge in [0.25, 0.3) is 0 Å². The minimum atomic E-state index is 0.173. The summed E-state index contributed by atoms with van der Waals surface area (Å²) in [5.74, 6) is 0.881. The molecule has 0 bridgehead atoms. The van der Waals surface area contributed by atoms with E-state index in [2.05, 4.69) is 31.0 Å². The maximum absolute atomic E-state index is 5.63. The van der Waals surface area contributed by atoms with Gasteiger partial charge in [0.2, 0.25) is 0 Å². The van der Waals surface area contributed by atoms with Gasteiger partial charge in [-0.15, -0.1) is 0 Å². The highest BCUT2D eigenvalue weighted by atomic mass is 16.5. The lowest BCUT2D eigenvalue weighted by atomic mass is 10.0. The zero-order valence-electron chi connectivity index (χ0n) is 8.60. The van der Waals surface area contributed by atoms with Crippen molar-refractivity contribution in [3.8, 4) is 0 Å². The molecule has 0 saturated carbocycles. The van der Waals surface area contributed by atoms with E-state index in [1.54, 1.807) is 0 Å². The Morgan fingerprint density at radius 3 is 2.57 bits per heavy atom. The number of aliphatic imine (C=N–C) groups is 1. The van der Waals surface area contributed by atoms with Gasteiger partial charge in [-0.2, -0.15) is 0 Å². The molecule has 1 aromatic carbocycles. The Morgan fingerprint density at radius 1 is 1.29 bits per heavy atom. The normalized spacial score (nSPS) is 25.7. The molecule has 1 aliphatic rings. The highest BCUT2D eigenvalue weighted by Gasteiger charge is 2.27. The van der Waals surface area contributed by atoms with Crippen LogP contribution in [0.5, 0.6) is 0 Å². The highest BCUT2D eigenvalue weighted by molar-refractivity contribution is 5.77. The lowest BCUT2D eigenvalue weighted by Gasteiger charge is -2.12. The van der Waals surface area contributed by atoms with Gasteiger partial charge in [-0.05, 0) is 12.5 Å². The van der Waals surface area contributed by atoms with Crippen LogP contribution in [0.15, 0.2) is 35.3 Å². The van der Waals surface area contributed by atoms with Crippen molar-refractivity contribution in [1.82, 2.24) is 0 Å². The number of hydrogen-bond acceptors (Lipinski definition) is 2. The van der Waals surface area contributed by atoms with Crippen LogP contribution in [0, 0.1) is 0 Å². The monoisotopic (exact) mass is 189 g/mol. The summed E-state index contributed by atoms with van der Waals surface area (Å²) in [4.78, 5) is 4.55. The van der Waals surface area contributed by atoms with Crippen molar-refractivity contribution >= 4 is 5.90 Å². The molecule has 0 N–H and O–H groups in total. The molecule has 1 heterocycles. The van der Waals surface area contributed by atoms with Crippen LogP contribution >= 0.6 is 0 Å². The smallest absolute Gasteiger partial charge is 0.184 e. The van der Waals surface area contributed by atoms with E-state index in [1.807, 2.05) is 18.2 Å². The van der Waals surface area contributed by atoms with Crippen LogP contribution in [0.25, 0.3) is 0 Å². The Balaban J connectivity index is 2.23. The first-order valence-electron chi connectivity index (χ1n) is 5.09. The van der Waals surface area contributed by atoms with Gasteiger partial charge in [-0.3, -0.25) is 0 Å².